The monoisotopic (exact) mass is 479 g/mol. The molecule has 1 spiro atoms. The molecule has 5 rings (SSSR count). The summed E-state index contributed by atoms with van der Waals surface area (Å²) in [6.45, 7) is 2.36. The van der Waals surface area contributed by atoms with Gasteiger partial charge in [0.1, 0.15) is 5.75 Å². The minimum Gasteiger partial charge on any atom is -0.492 e. The van der Waals surface area contributed by atoms with Crippen LogP contribution in [0.25, 0.3) is 0 Å². The lowest BCUT2D eigenvalue weighted by atomic mass is 9.74. The first-order valence-electron chi connectivity index (χ1n) is 11.7. The lowest BCUT2D eigenvalue weighted by Crippen LogP contribution is -2.47. The predicted octanol–water partition coefficient (Wildman–Crippen LogP) is 2.89. The molecule has 34 heavy (non-hydrogen) atoms. The molecule has 1 aliphatic carbocycles. The van der Waals surface area contributed by atoms with Crippen LogP contribution in [0.3, 0.4) is 0 Å². The molecule has 0 radical (unpaired) electrons. The zero-order valence-electron chi connectivity index (χ0n) is 19.3. The van der Waals surface area contributed by atoms with Gasteiger partial charge in [-0.3, -0.25) is 14.4 Å². The zero-order chi connectivity index (χ0) is 23.9. The van der Waals surface area contributed by atoms with Crippen LogP contribution in [0.4, 0.5) is 0 Å². The number of ether oxygens (including phenoxy) is 1. The molecule has 1 saturated carbocycles. The molecule has 0 bridgehead atoms. The van der Waals surface area contributed by atoms with Crippen LogP contribution in [0.5, 0.6) is 5.75 Å². The van der Waals surface area contributed by atoms with Gasteiger partial charge in [-0.25, -0.2) is 0 Å². The van der Waals surface area contributed by atoms with Crippen molar-refractivity contribution in [2.24, 2.45) is 5.73 Å². The van der Waals surface area contributed by atoms with E-state index in [4.69, 9.17) is 10.5 Å². The number of Topliss-reactive ketones (excluding diaryl/α,β-unsaturated/α-hetero) is 1. The van der Waals surface area contributed by atoms with Crippen molar-refractivity contribution >= 4 is 29.4 Å². The van der Waals surface area contributed by atoms with Crippen LogP contribution in [0.2, 0.25) is 0 Å². The van der Waals surface area contributed by atoms with Gasteiger partial charge in [-0.1, -0.05) is 12.1 Å². The molecule has 2 amide bonds. The Kier molecular flexibility index (Phi) is 6.12. The molecule has 2 aromatic rings. The number of ketones is 1. The molecule has 178 valence electrons. The molecule has 8 heteroatoms. The van der Waals surface area contributed by atoms with Crippen LogP contribution in [0.1, 0.15) is 57.5 Å². The van der Waals surface area contributed by atoms with Crippen LogP contribution < -0.4 is 15.8 Å². The van der Waals surface area contributed by atoms with E-state index in [0.717, 1.165) is 29.1 Å². The quantitative estimate of drug-likeness (QED) is 0.640. The lowest BCUT2D eigenvalue weighted by molar-refractivity contribution is -0.126. The summed E-state index contributed by atoms with van der Waals surface area (Å²) in [4.78, 5) is 40.5. The third-order valence-electron chi connectivity index (χ3n) is 7.39. The van der Waals surface area contributed by atoms with E-state index in [1.165, 1.54) is 17.3 Å². The number of nitrogens with zero attached hydrogens (tertiary/aromatic N) is 1. The normalized spacial score (nSPS) is 20.5. The van der Waals surface area contributed by atoms with Crippen molar-refractivity contribution in [2.75, 3.05) is 26.0 Å². The van der Waals surface area contributed by atoms with Crippen LogP contribution >= 0.6 is 11.8 Å². The van der Waals surface area contributed by atoms with E-state index in [9.17, 15) is 14.4 Å². The number of fused-ring (bicyclic) bond motifs is 2. The van der Waals surface area contributed by atoms with E-state index in [0.29, 0.717) is 50.2 Å². The Morgan fingerprint density at radius 1 is 1.18 bits per heavy atom. The first-order chi connectivity index (χ1) is 16.4. The average molecular weight is 480 g/mol. The largest absolute Gasteiger partial charge is 0.492 e. The Labute approximate surface area is 203 Å². The summed E-state index contributed by atoms with van der Waals surface area (Å²) >= 11 is 1.48. The summed E-state index contributed by atoms with van der Waals surface area (Å²) in [5.74, 6) is 0.597. The van der Waals surface area contributed by atoms with Gasteiger partial charge in [0.2, 0.25) is 0 Å². The summed E-state index contributed by atoms with van der Waals surface area (Å²) in [6.07, 6.45) is 4.74. The molecule has 1 atom stereocenters. The first kappa shape index (κ1) is 22.9. The van der Waals surface area contributed by atoms with Gasteiger partial charge in [-0.15, -0.1) is 11.8 Å². The van der Waals surface area contributed by atoms with Gasteiger partial charge >= 0.3 is 0 Å². The maximum absolute atomic E-state index is 13.4. The Morgan fingerprint density at radius 3 is 2.59 bits per heavy atom. The van der Waals surface area contributed by atoms with Gasteiger partial charge in [-0.05, 0) is 55.3 Å². The zero-order valence-corrected chi connectivity index (χ0v) is 20.1. The third-order valence-corrected chi connectivity index (χ3v) is 8.09. The number of thioether (sulfide) groups is 1. The molecule has 1 saturated heterocycles. The van der Waals surface area contributed by atoms with E-state index in [1.54, 1.807) is 12.1 Å². The van der Waals surface area contributed by atoms with Crippen molar-refractivity contribution in [3.05, 3.63) is 58.7 Å². The number of nitrogens with two attached hydrogens (primary N) is 1. The molecule has 1 unspecified atom stereocenters. The number of carbonyl (C=O) groups excluding carboxylic acids is 3. The van der Waals surface area contributed by atoms with Crippen molar-refractivity contribution < 1.29 is 19.1 Å². The molecule has 2 heterocycles. The van der Waals surface area contributed by atoms with Gasteiger partial charge < -0.3 is 20.7 Å². The maximum atomic E-state index is 13.4. The Hall–Kier alpha value is -2.84. The standard InChI is InChI=1S/C26H29N3O4S/c1-34-19-12-17(24(31)28-21-3-4-22(21)30)11-18(13-19)25(32)29-8-6-26(7-9-29)15-33-23-5-2-16(14-27)10-20(23)26/h2,5,10-13,21H,3-4,6-9,14-15,27H2,1H3,(H,28,31). The Bertz CT molecular complexity index is 1160. The van der Waals surface area contributed by atoms with Gasteiger partial charge in [0, 0.05) is 53.1 Å². The number of rotatable bonds is 5. The van der Waals surface area contributed by atoms with Gasteiger partial charge in [0.25, 0.3) is 11.8 Å². The Balaban J connectivity index is 1.31. The third kappa shape index (κ3) is 4.09. The summed E-state index contributed by atoms with van der Waals surface area (Å²) in [5, 5.41) is 2.79. The molecule has 3 aliphatic rings. The highest BCUT2D eigenvalue weighted by molar-refractivity contribution is 7.98. The van der Waals surface area contributed by atoms with E-state index in [1.807, 2.05) is 29.4 Å². The summed E-state index contributed by atoms with van der Waals surface area (Å²) in [6, 6.07) is 11.0. The summed E-state index contributed by atoms with van der Waals surface area (Å²) in [7, 11) is 0. The average Bonchev–Trinajstić information content (AvgIpc) is 3.22. The number of nitrogens with one attached hydrogen (secondary N) is 1. The molecule has 0 aromatic heterocycles. The summed E-state index contributed by atoms with van der Waals surface area (Å²) < 4.78 is 5.98. The highest BCUT2D eigenvalue weighted by atomic mass is 32.2. The highest BCUT2D eigenvalue weighted by Crippen LogP contribution is 2.46. The molecular weight excluding hydrogens is 450 g/mol. The molecule has 7 nitrogen and oxygen atoms in total. The van der Waals surface area contributed by atoms with Crippen molar-refractivity contribution in [3.63, 3.8) is 0 Å². The highest BCUT2D eigenvalue weighted by Gasteiger charge is 2.44. The van der Waals surface area contributed by atoms with Crippen LogP contribution in [-0.4, -0.2) is 54.5 Å². The fraction of sp³-hybridized carbons (Fsp3) is 0.423. The molecule has 3 N–H and O–H groups in total. The molecule has 2 fully saturated rings. The molecular formula is C26H29N3O4S. The van der Waals surface area contributed by atoms with Crippen molar-refractivity contribution in [3.8, 4) is 5.75 Å². The smallest absolute Gasteiger partial charge is 0.253 e. The van der Waals surface area contributed by atoms with E-state index < -0.39 is 6.04 Å². The second kappa shape index (κ2) is 9.07. The Morgan fingerprint density at radius 2 is 1.94 bits per heavy atom. The molecule has 2 aromatic carbocycles. The van der Waals surface area contributed by atoms with Crippen molar-refractivity contribution in [2.45, 2.75) is 48.6 Å². The minimum atomic E-state index is -0.404. The van der Waals surface area contributed by atoms with Crippen LogP contribution in [0, 0.1) is 0 Å². The SMILES string of the molecule is CSc1cc(C(=O)NC2CCC2=O)cc(C(=O)N2CCC3(CC2)COc2ccc(CN)cc23)c1. The van der Waals surface area contributed by atoms with Crippen LogP contribution in [0.15, 0.2) is 41.3 Å². The van der Waals surface area contributed by atoms with Gasteiger partial charge in [-0.2, -0.15) is 0 Å². The first-order valence-corrected chi connectivity index (χ1v) is 12.9. The summed E-state index contributed by atoms with van der Waals surface area (Å²) in [5.41, 5.74) is 8.97. The van der Waals surface area contributed by atoms with E-state index in [-0.39, 0.29) is 23.0 Å². The minimum absolute atomic E-state index is 0.0592. The lowest BCUT2D eigenvalue weighted by Gasteiger charge is -2.38. The van der Waals surface area contributed by atoms with E-state index in [2.05, 4.69) is 11.4 Å². The maximum Gasteiger partial charge on any atom is 0.253 e. The number of carbonyl (C=O) groups is 3. The number of benzene rings is 2. The molecule has 2 aliphatic heterocycles. The second-order valence-electron chi connectivity index (χ2n) is 9.38. The van der Waals surface area contributed by atoms with Gasteiger partial charge in [0.15, 0.2) is 5.78 Å². The van der Waals surface area contributed by atoms with Crippen molar-refractivity contribution in [1.82, 2.24) is 10.2 Å². The number of hydrogen-bond acceptors (Lipinski definition) is 6. The number of piperidine rings is 1. The number of amides is 2. The fourth-order valence-corrected chi connectivity index (χ4v) is 5.53. The fourth-order valence-electron chi connectivity index (χ4n) is 5.04. The van der Waals surface area contributed by atoms with Crippen LogP contribution in [-0.2, 0) is 16.8 Å². The van der Waals surface area contributed by atoms with E-state index >= 15 is 0 Å². The number of likely N-dealkylation sites (tertiary alicyclic amines) is 1. The van der Waals surface area contributed by atoms with Crippen molar-refractivity contribution in [1.29, 1.82) is 0 Å². The topological polar surface area (TPSA) is 102 Å². The predicted molar refractivity (Wildman–Crippen MR) is 130 cm³/mol. The van der Waals surface area contributed by atoms with Gasteiger partial charge in [0.05, 0.1) is 12.6 Å². The second-order valence-corrected chi connectivity index (χ2v) is 10.3. The number of hydrogen-bond donors (Lipinski definition) is 2.